The molecule has 1 aromatic heterocycles. The van der Waals surface area contributed by atoms with Crippen LogP contribution in [-0.2, 0) is 6.42 Å². The van der Waals surface area contributed by atoms with Crippen molar-refractivity contribution in [1.82, 2.24) is 4.98 Å². The molecule has 2 aromatic rings. The van der Waals surface area contributed by atoms with Crippen molar-refractivity contribution in [3.8, 4) is 5.88 Å². The van der Waals surface area contributed by atoms with E-state index in [2.05, 4.69) is 29.4 Å². The van der Waals surface area contributed by atoms with Gasteiger partial charge in [-0.25, -0.2) is 4.98 Å². The Morgan fingerprint density at radius 3 is 2.52 bits per heavy atom. The van der Waals surface area contributed by atoms with Gasteiger partial charge in [0.15, 0.2) is 0 Å². The van der Waals surface area contributed by atoms with Crippen LogP contribution >= 0.6 is 0 Å². The molecule has 0 aliphatic heterocycles. The molecule has 1 aromatic carbocycles. The number of rotatable bonds is 6. The SMILES string of the molecule is CCCCc1ccc(NC(=O)c2ccc(OC)nc2)cc1. The summed E-state index contributed by atoms with van der Waals surface area (Å²) in [6.07, 6.45) is 4.95. The minimum atomic E-state index is -0.175. The lowest BCUT2D eigenvalue weighted by atomic mass is 10.1. The van der Waals surface area contributed by atoms with Gasteiger partial charge in [0.1, 0.15) is 0 Å². The van der Waals surface area contributed by atoms with Gasteiger partial charge >= 0.3 is 0 Å². The number of hydrogen-bond donors (Lipinski definition) is 1. The van der Waals surface area contributed by atoms with E-state index >= 15 is 0 Å². The number of aryl methyl sites for hydroxylation is 1. The molecule has 0 saturated carbocycles. The van der Waals surface area contributed by atoms with Crippen molar-refractivity contribution in [3.05, 3.63) is 53.7 Å². The van der Waals surface area contributed by atoms with E-state index in [0.29, 0.717) is 11.4 Å². The Balaban J connectivity index is 1.98. The van der Waals surface area contributed by atoms with Crippen molar-refractivity contribution in [2.45, 2.75) is 26.2 Å². The summed E-state index contributed by atoms with van der Waals surface area (Å²) in [5.74, 6) is 0.318. The molecule has 0 bridgehead atoms. The maximum Gasteiger partial charge on any atom is 0.257 e. The van der Waals surface area contributed by atoms with Gasteiger partial charge in [0, 0.05) is 18.0 Å². The number of nitrogens with zero attached hydrogens (tertiary/aromatic N) is 1. The van der Waals surface area contributed by atoms with Gasteiger partial charge in [-0.1, -0.05) is 25.5 Å². The molecule has 0 fully saturated rings. The van der Waals surface area contributed by atoms with Gasteiger partial charge in [-0.15, -0.1) is 0 Å². The molecule has 4 heteroatoms. The molecule has 1 N–H and O–H groups in total. The van der Waals surface area contributed by atoms with E-state index in [4.69, 9.17) is 4.74 Å². The van der Waals surface area contributed by atoms with Crippen LogP contribution in [0.15, 0.2) is 42.6 Å². The van der Waals surface area contributed by atoms with Crippen molar-refractivity contribution in [2.24, 2.45) is 0 Å². The summed E-state index contributed by atoms with van der Waals surface area (Å²) in [4.78, 5) is 16.1. The van der Waals surface area contributed by atoms with Crippen LogP contribution in [0.4, 0.5) is 5.69 Å². The average molecular weight is 284 g/mol. The lowest BCUT2D eigenvalue weighted by molar-refractivity contribution is 0.102. The zero-order chi connectivity index (χ0) is 15.1. The highest BCUT2D eigenvalue weighted by atomic mass is 16.5. The van der Waals surface area contributed by atoms with E-state index < -0.39 is 0 Å². The average Bonchev–Trinajstić information content (AvgIpc) is 2.54. The zero-order valence-electron chi connectivity index (χ0n) is 12.4. The van der Waals surface area contributed by atoms with Crippen LogP contribution in [0.25, 0.3) is 0 Å². The van der Waals surface area contributed by atoms with E-state index in [1.165, 1.54) is 24.6 Å². The number of carbonyl (C=O) groups excluding carboxylic acids is 1. The maximum atomic E-state index is 12.1. The molecule has 1 heterocycles. The Morgan fingerprint density at radius 1 is 1.19 bits per heavy atom. The number of nitrogens with one attached hydrogen (secondary N) is 1. The van der Waals surface area contributed by atoms with Crippen LogP contribution in [0.3, 0.4) is 0 Å². The first-order chi connectivity index (χ1) is 10.2. The molecule has 0 spiro atoms. The van der Waals surface area contributed by atoms with Crippen LogP contribution in [0.5, 0.6) is 5.88 Å². The monoisotopic (exact) mass is 284 g/mol. The van der Waals surface area contributed by atoms with Crippen LogP contribution in [0.1, 0.15) is 35.7 Å². The molecule has 1 amide bonds. The number of aromatic nitrogens is 1. The number of anilines is 1. The van der Waals surface area contributed by atoms with Crippen LogP contribution in [-0.4, -0.2) is 18.0 Å². The van der Waals surface area contributed by atoms with E-state index in [1.54, 1.807) is 19.2 Å². The Kier molecular flexibility index (Phi) is 5.32. The van der Waals surface area contributed by atoms with Gasteiger partial charge in [0.2, 0.25) is 5.88 Å². The first-order valence-corrected chi connectivity index (χ1v) is 7.13. The molecule has 110 valence electrons. The lowest BCUT2D eigenvalue weighted by Gasteiger charge is -2.07. The molecule has 0 radical (unpaired) electrons. The normalized spacial score (nSPS) is 10.2. The summed E-state index contributed by atoms with van der Waals surface area (Å²) < 4.78 is 4.97. The topological polar surface area (TPSA) is 51.2 Å². The van der Waals surface area contributed by atoms with E-state index in [-0.39, 0.29) is 5.91 Å². The van der Waals surface area contributed by atoms with Crippen molar-refractivity contribution >= 4 is 11.6 Å². The quantitative estimate of drug-likeness (QED) is 0.880. The third kappa shape index (κ3) is 4.31. The van der Waals surface area contributed by atoms with Gasteiger partial charge in [-0.2, -0.15) is 0 Å². The molecule has 0 unspecified atom stereocenters. The highest BCUT2D eigenvalue weighted by Crippen LogP contribution is 2.14. The molecular formula is C17H20N2O2. The predicted octanol–water partition coefficient (Wildman–Crippen LogP) is 3.69. The fourth-order valence-corrected chi connectivity index (χ4v) is 1.97. The standard InChI is InChI=1S/C17H20N2O2/c1-3-4-5-13-6-9-15(10-7-13)19-17(20)14-8-11-16(21-2)18-12-14/h6-12H,3-5H2,1-2H3,(H,19,20). The largest absolute Gasteiger partial charge is 0.481 e. The highest BCUT2D eigenvalue weighted by molar-refractivity contribution is 6.04. The summed E-state index contributed by atoms with van der Waals surface area (Å²) >= 11 is 0. The number of unbranched alkanes of at least 4 members (excludes halogenated alkanes) is 1. The van der Waals surface area contributed by atoms with E-state index in [1.807, 2.05) is 12.1 Å². The Hall–Kier alpha value is -2.36. The fourth-order valence-electron chi connectivity index (χ4n) is 1.97. The summed E-state index contributed by atoms with van der Waals surface area (Å²) in [6.45, 7) is 2.18. The maximum absolute atomic E-state index is 12.1. The first-order valence-electron chi connectivity index (χ1n) is 7.13. The van der Waals surface area contributed by atoms with Crippen molar-refractivity contribution in [3.63, 3.8) is 0 Å². The minimum Gasteiger partial charge on any atom is -0.481 e. The molecule has 0 saturated heterocycles. The number of carbonyl (C=O) groups is 1. The Morgan fingerprint density at radius 2 is 1.95 bits per heavy atom. The molecule has 2 rings (SSSR count). The third-order valence-corrected chi connectivity index (χ3v) is 3.24. The van der Waals surface area contributed by atoms with Crippen LogP contribution in [0, 0.1) is 0 Å². The van der Waals surface area contributed by atoms with Gasteiger partial charge in [0.25, 0.3) is 5.91 Å². The predicted molar refractivity (Wildman–Crippen MR) is 83.8 cm³/mol. The van der Waals surface area contributed by atoms with Gasteiger partial charge < -0.3 is 10.1 Å². The van der Waals surface area contributed by atoms with Crippen molar-refractivity contribution < 1.29 is 9.53 Å². The summed E-state index contributed by atoms with van der Waals surface area (Å²) in [7, 11) is 1.54. The molecule has 0 aliphatic carbocycles. The molecule has 0 aliphatic rings. The second-order valence-electron chi connectivity index (χ2n) is 4.84. The molecule has 0 atom stereocenters. The van der Waals surface area contributed by atoms with E-state index in [0.717, 1.165) is 12.1 Å². The van der Waals surface area contributed by atoms with Gasteiger partial charge in [-0.05, 0) is 36.6 Å². The number of amides is 1. The van der Waals surface area contributed by atoms with Crippen molar-refractivity contribution in [2.75, 3.05) is 12.4 Å². The van der Waals surface area contributed by atoms with Gasteiger partial charge in [-0.3, -0.25) is 4.79 Å². The number of benzene rings is 1. The first kappa shape index (κ1) is 15.0. The number of pyridine rings is 1. The Labute approximate surface area is 125 Å². The summed E-state index contributed by atoms with van der Waals surface area (Å²) in [6, 6.07) is 11.3. The van der Waals surface area contributed by atoms with Crippen molar-refractivity contribution in [1.29, 1.82) is 0 Å². The minimum absolute atomic E-state index is 0.175. The summed E-state index contributed by atoms with van der Waals surface area (Å²) in [5, 5.41) is 2.86. The third-order valence-electron chi connectivity index (χ3n) is 3.24. The smallest absolute Gasteiger partial charge is 0.257 e. The highest BCUT2D eigenvalue weighted by Gasteiger charge is 2.07. The molecular weight excluding hydrogens is 264 g/mol. The molecule has 21 heavy (non-hydrogen) atoms. The summed E-state index contributed by atoms with van der Waals surface area (Å²) in [5.41, 5.74) is 2.59. The second kappa shape index (κ2) is 7.43. The van der Waals surface area contributed by atoms with Crippen LogP contribution < -0.4 is 10.1 Å². The Bertz CT molecular complexity index is 577. The van der Waals surface area contributed by atoms with Gasteiger partial charge in [0.05, 0.1) is 12.7 Å². The lowest BCUT2D eigenvalue weighted by Crippen LogP contribution is -2.12. The second-order valence-corrected chi connectivity index (χ2v) is 4.84. The van der Waals surface area contributed by atoms with Crippen LogP contribution in [0.2, 0.25) is 0 Å². The molecule has 4 nitrogen and oxygen atoms in total. The van der Waals surface area contributed by atoms with E-state index in [9.17, 15) is 4.79 Å². The fraction of sp³-hybridized carbons (Fsp3) is 0.294. The number of methoxy groups -OCH3 is 1. The zero-order valence-corrected chi connectivity index (χ0v) is 12.4. The number of hydrogen-bond acceptors (Lipinski definition) is 3. The number of ether oxygens (including phenoxy) is 1.